The Morgan fingerprint density at radius 3 is 2.60 bits per heavy atom. The molecule has 0 aromatic heterocycles. The molecular weight excluding hydrogens is 168 g/mol. The van der Waals surface area contributed by atoms with Crippen LogP contribution in [0.2, 0.25) is 0 Å². The highest BCUT2D eigenvalue weighted by molar-refractivity contribution is 7.80. The molecule has 0 saturated carbocycles. The highest BCUT2D eigenvalue weighted by Crippen LogP contribution is 1.82. The molecule has 0 aromatic rings. The molecule has 3 N–H and O–H groups in total. The Kier molecular flexibility index (Phi) is 5.96. The Balaban J connectivity index is 3.42. The van der Waals surface area contributed by atoms with Crippen LogP contribution in [0.4, 0.5) is 0 Å². The first-order chi connectivity index (χ1) is 4.72. The van der Waals surface area contributed by atoms with Crippen molar-refractivity contribution < 1.29 is 4.79 Å². The van der Waals surface area contributed by atoms with Crippen LogP contribution in [0.15, 0.2) is 0 Å². The third kappa shape index (κ3) is 4.03. The maximum atomic E-state index is 10.8. The number of amides is 1. The summed E-state index contributed by atoms with van der Waals surface area (Å²) in [6.07, 6.45) is 0. The summed E-state index contributed by atoms with van der Waals surface area (Å²) in [7, 11) is 0. The van der Waals surface area contributed by atoms with Crippen molar-refractivity contribution >= 4 is 31.2 Å². The minimum absolute atomic E-state index is 0.163. The molecule has 1 amide bonds. The van der Waals surface area contributed by atoms with Gasteiger partial charge in [-0.05, 0) is 0 Å². The Morgan fingerprint density at radius 2 is 2.20 bits per heavy atom. The quantitative estimate of drug-likeness (QED) is 0.432. The van der Waals surface area contributed by atoms with Crippen LogP contribution in [0.3, 0.4) is 0 Å². The molecule has 0 saturated heterocycles. The third-order valence-corrected chi connectivity index (χ3v) is 1.56. The van der Waals surface area contributed by atoms with E-state index in [0.29, 0.717) is 18.1 Å². The topological polar surface area (TPSA) is 55.1 Å². The van der Waals surface area contributed by atoms with Gasteiger partial charge in [0.2, 0.25) is 5.91 Å². The van der Waals surface area contributed by atoms with Gasteiger partial charge in [-0.25, -0.2) is 0 Å². The van der Waals surface area contributed by atoms with Gasteiger partial charge in [0.25, 0.3) is 0 Å². The van der Waals surface area contributed by atoms with E-state index in [1.807, 2.05) is 0 Å². The van der Waals surface area contributed by atoms with Crippen LogP contribution in [0, 0.1) is 0 Å². The zero-order chi connectivity index (χ0) is 7.98. The minimum atomic E-state index is -0.497. The Hall–Kier alpha value is 0.130. The first-order valence-electron chi connectivity index (χ1n) is 2.97. The average Bonchev–Trinajstić information content (AvgIpc) is 1.98. The lowest BCUT2D eigenvalue weighted by Crippen LogP contribution is -2.42. The molecule has 1 atom stereocenters. The lowest BCUT2D eigenvalue weighted by atomic mass is 10.3. The van der Waals surface area contributed by atoms with E-state index in [1.165, 1.54) is 0 Å². The zero-order valence-electron chi connectivity index (χ0n) is 5.58. The largest absolute Gasteiger partial charge is 0.354 e. The molecule has 60 valence electrons. The number of hydrogen-bond donors (Lipinski definition) is 4. The lowest BCUT2D eigenvalue weighted by Gasteiger charge is -2.07. The monoisotopic (exact) mass is 180 g/mol. The van der Waals surface area contributed by atoms with Gasteiger partial charge in [-0.15, -0.1) is 0 Å². The summed E-state index contributed by atoms with van der Waals surface area (Å²) in [6.45, 7) is 0.559. The van der Waals surface area contributed by atoms with E-state index < -0.39 is 6.04 Å². The summed E-state index contributed by atoms with van der Waals surface area (Å²) < 4.78 is 0. The van der Waals surface area contributed by atoms with E-state index in [2.05, 4.69) is 30.6 Å². The van der Waals surface area contributed by atoms with Crippen LogP contribution in [0.5, 0.6) is 0 Å². The van der Waals surface area contributed by atoms with E-state index in [0.717, 1.165) is 0 Å². The van der Waals surface area contributed by atoms with Gasteiger partial charge in [-0.2, -0.15) is 25.3 Å². The van der Waals surface area contributed by atoms with Gasteiger partial charge in [0.1, 0.15) is 0 Å². The smallest absolute Gasteiger partial charge is 0.237 e. The van der Waals surface area contributed by atoms with Gasteiger partial charge in [0.05, 0.1) is 6.04 Å². The van der Waals surface area contributed by atoms with Crippen molar-refractivity contribution in [2.45, 2.75) is 6.04 Å². The third-order valence-electron chi connectivity index (χ3n) is 0.945. The predicted octanol–water partition coefficient (Wildman–Crippen LogP) is -0.711. The molecule has 5 heteroatoms. The molecule has 0 bridgehead atoms. The van der Waals surface area contributed by atoms with E-state index in [9.17, 15) is 4.79 Å². The summed E-state index contributed by atoms with van der Waals surface area (Å²) in [4.78, 5) is 10.8. The molecule has 0 aromatic carbocycles. The SMILES string of the molecule is N[C@H](CS)C(=O)NCCS. The van der Waals surface area contributed by atoms with Gasteiger partial charge >= 0.3 is 0 Å². The minimum Gasteiger partial charge on any atom is -0.354 e. The van der Waals surface area contributed by atoms with Gasteiger partial charge in [0, 0.05) is 18.1 Å². The fourth-order valence-corrected chi connectivity index (χ4v) is 0.671. The number of rotatable bonds is 4. The standard InChI is InChI=1S/C5H12N2OS2/c6-4(3-10)5(8)7-1-2-9/h4,9-10H,1-3,6H2,(H,7,8)/t4-/m1/s1. The molecule has 0 unspecified atom stereocenters. The van der Waals surface area contributed by atoms with Crippen LogP contribution in [-0.2, 0) is 4.79 Å². The number of thiol groups is 2. The highest BCUT2D eigenvalue weighted by atomic mass is 32.1. The second kappa shape index (κ2) is 5.88. The lowest BCUT2D eigenvalue weighted by molar-refractivity contribution is -0.121. The molecular formula is C5H12N2OS2. The maximum Gasteiger partial charge on any atom is 0.237 e. The van der Waals surface area contributed by atoms with E-state index >= 15 is 0 Å². The molecule has 0 fully saturated rings. The molecule has 0 aliphatic carbocycles. The van der Waals surface area contributed by atoms with E-state index in [1.54, 1.807) is 0 Å². The van der Waals surface area contributed by atoms with Crippen molar-refractivity contribution in [3.05, 3.63) is 0 Å². The van der Waals surface area contributed by atoms with Gasteiger partial charge in [-0.1, -0.05) is 0 Å². The fraction of sp³-hybridized carbons (Fsp3) is 0.800. The van der Waals surface area contributed by atoms with E-state index in [4.69, 9.17) is 5.73 Å². The number of carbonyl (C=O) groups is 1. The van der Waals surface area contributed by atoms with Crippen LogP contribution < -0.4 is 11.1 Å². The first-order valence-corrected chi connectivity index (χ1v) is 4.24. The second-order valence-electron chi connectivity index (χ2n) is 1.80. The number of hydrogen-bond acceptors (Lipinski definition) is 4. The van der Waals surface area contributed by atoms with E-state index in [-0.39, 0.29) is 5.91 Å². The summed E-state index contributed by atoms with van der Waals surface area (Å²) in [6, 6.07) is -0.497. The van der Waals surface area contributed by atoms with Crippen LogP contribution in [-0.4, -0.2) is 30.0 Å². The summed E-state index contributed by atoms with van der Waals surface area (Å²) in [5.41, 5.74) is 5.34. The first kappa shape index (κ1) is 10.1. The van der Waals surface area contributed by atoms with Crippen LogP contribution >= 0.6 is 25.3 Å². The molecule has 0 heterocycles. The molecule has 10 heavy (non-hydrogen) atoms. The van der Waals surface area contributed by atoms with Crippen molar-refractivity contribution in [3.8, 4) is 0 Å². The molecule has 0 aliphatic heterocycles. The molecule has 0 aliphatic rings. The van der Waals surface area contributed by atoms with Crippen LogP contribution in [0.25, 0.3) is 0 Å². The molecule has 0 rings (SSSR count). The summed E-state index contributed by atoms with van der Waals surface area (Å²) in [5, 5.41) is 2.59. The van der Waals surface area contributed by atoms with Gasteiger partial charge in [0.15, 0.2) is 0 Å². The molecule has 0 radical (unpaired) electrons. The predicted molar refractivity (Wildman–Crippen MR) is 48.7 cm³/mol. The van der Waals surface area contributed by atoms with Crippen molar-refractivity contribution in [1.29, 1.82) is 0 Å². The number of carbonyl (C=O) groups excluding carboxylic acids is 1. The Bertz CT molecular complexity index is 110. The molecule has 3 nitrogen and oxygen atoms in total. The van der Waals surface area contributed by atoms with Gasteiger partial charge < -0.3 is 11.1 Å². The summed E-state index contributed by atoms with van der Waals surface area (Å²) >= 11 is 7.79. The zero-order valence-corrected chi connectivity index (χ0v) is 7.37. The van der Waals surface area contributed by atoms with Crippen molar-refractivity contribution in [3.63, 3.8) is 0 Å². The maximum absolute atomic E-state index is 10.8. The fourth-order valence-electron chi connectivity index (χ4n) is 0.393. The molecule has 0 spiro atoms. The Morgan fingerprint density at radius 1 is 1.60 bits per heavy atom. The van der Waals surface area contributed by atoms with Crippen molar-refractivity contribution in [1.82, 2.24) is 5.32 Å². The number of nitrogens with two attached hydrogens (primary N) is 1. The average molecular weight is 180 g/mol. The van der Waals surface area contributed by atoms with Crippen LogP contribution in [0.1, 0.15) is 0 Å². The van der Waals surface area contributed by atoms with Crippen molar-refractivity contribution in [2.75, 3.05) is 18.1 Å². The van der Waals surface area contributed by atoms with Crippen molar-refractivity contribution in [2.24, 2.45) is 5.73 Å². The second-order valence-corrected chi connectivity index (χ2v) is 2.62. The number of nitrogens with one attached hydrogen (secondary N) is 1. The normalized spacial score (nSPS) is 12.7. The highest BCUT2D eigenvalue weighted by Gasteiger charge is 2.08. The summed E-state index contributed by atoms with van der Waals surface area (Å²) in [5.74, 6) is 0.840. The Labute approximate surface area is 71.6 Å². The van der Waals surface area contributed by atoms with Gasteiger partial charge in [-0.3, -0.25) is 4.79 Å².